The summed E-state index contributed by atoms with van der Waals surface area (Å²) in [6.45, 7) is 11.9. The normalized spacial score (nSPS) is 28.0. The first-order valence-electron chi connectivity index (χ1n) is 14.4. The number of benzene rings is 1. The Labute approximate surface area is 240 Å². The van der Waals surface area contributed by atoms with Crippen molar-refractivity contribution in [2.45, 2.75) is 63.6 Å². The molecule has 2 bridgehead atoms. The number of carbonyl (C=O) groups excluding carboxylic acids is 3. The number of aliphatic hydroxyl groups is 1. The first kappa shape index (κ1) is 28.9. The van der Waals surface area contributed by atoms with Crippen LogP contribution in [0.1, 0.15) is 33.1 Å². The van der Waals surface area contributed by atoms with E-state index in [4.69, 9.17) is 4.74 Å². The van der Waals surface area contributed by atoms with E-state index in [1.807, 2.05) is 38.1 Å². The van der Waals surface area contributed by atoms with E-state index >= 15 is 0 Å². The summed E-state index contributed by atoms with van der Waals surface area (Å²) in [6, 6.07) is 5.87. The highest BCUT2D eigenvalue weighted by Crippen LogP contribution is 2.59. The van der Waals surface area contributed by atoms with Crippen molar-refractivity contribution in [1.29, 1.82) is 0 Å². The minimum absolute atomic E-state index is 0.0867. The summed E-state index contributed by atoms with van der Waals surface area (Å²) in [5.41, 5.74) is 0.306. The zero-order valence-electron chi connectivity index (χ0n) is 24.1. The summed E-state index contributed by atoms with van der Waals surface area (Å²) in [5, 5.41) is 19.0. The topological polar surface area (TPSA) is 121 Å². The van der Waals surface area contributed by atoms with Crippen molar-refractivity contribution in [2.75, 3.05) is 26.7 Å². The average molecular weight is 565 g/mol. The average Bonchev–Trinajstić information content (AvgIpc) is 3.72. The van der Waals surface area contributed by atoms with Crippen LogP contribution in [0, 0.1) is 17.8 Å². The molecular weight excluding hydrogens is 524 g/mol. The summed E-state index contributed by atoms with van der Waals surface area (Å²) in [6.07, 6.45) is 4.56. The number of rotatable bonds is 12. The largest absolute Gasteiger partial charge is 0.394 e. The van der Waals surface area contributed by atoms with E-state index in [1.54, 1.807) is 38.6 Å². The van der Waals surface area contributed by atoms with Crippen LogP contribution in [0.5, 0.6) is 0 Å². The smallest absolute Gasteiger partial charge is 0.250 e. The second-order valence-corrected chi connectivity index (χ2v) is 11.5. The molecule has 1 aromatic carbocycles. The first-order valence-corrected chi connectivity index (χ1v) is 14.4. The maximum Gasteiger partial charge on any atom is 0.250 e. The minimum Gasteiger partial charge on any atom is -0.394 e. The van der Waals surface area contributed by atoms with E-state index < -0.39 is 35.6 Å². The summed E-state index contributed by atoms with van der Waals surface area (Å²) in [5.74, 6) is -2.42. The summed E-state index contributed by atoms with van der Waals surface area (Å²) in [4.78, 5) is 47.4. The summed E-state index contributed by atoms with van der Waals surface area (Å²) in [7, 11) is 1.69. The number of hydrogen-bond acceptors (Lipinski definition) is 7. The van der Waals surface area contributed by atoms with Crippen LogP contribution < -0.4 is 0 Å². The Hall–Kier alpha value is -3.57. The summed E-state index contributed by atoms with van der Waals surface area (Å²) >= 11 is 0. The molecule has 11 nitrogen and oxygen atoms in total. The second kappa shape index (κ2) is 11.4. The monoisotopic (exact) mass is 564 g/mol. The molecular formula is C30H40N6O5. The van der Waals surface area contributed by atoms with Crippen LogP contribution in [0.3, 0.4) is 0 Å². The molecule has 1 spiro atoms. The zero-order chi connectivity index (χ0) is 29.5. The van der Waals surface area contributed by atoms with Gasteiger partial charge in [0, 0.05) is 20.1 Å². The number of likely N-dealkylation sites (tertiary alicyclic amines) is 1. The Bertz CT molecular complexity index is 1340. The predicted octanol–water partition coefficient (Wildman–Crippen LogP) is 1.83. The number of aromatic nitrogens is 3. The number of carbonyl (C=O) groups is 3. The van der Waals surface area contributed by atoms with E-state index in [9.17, 15) is 19.5 Å². The van der Waals surface area contributed by atoms with Gasteiger partial charge in [0.05, 0.1) is 36.1 Å². The lowest BCUT2D eigenvalue weighted by molar-refractivity contribution is -0.154. The lowest BCUT2D eigenvalue weighted by Crippen LogP contribution is -2.60. The van der Waals surface area contributed by atoms with Gasteiger partial charge in [-0.05, 0) is 30.9 Å². The van der Waals surface area contributed by atoms with Gasteiger partial charge < -0.3 is 24.5 Å². The van der Waals surface area contributed by atoms with Crippen molar-refractivity contribution >= 4 is 28.8 Å². The highest BCUT2D eigenvalue weighted by atomic mass is 16.5. The van der Waals surface area contributed by atoms with Gasteiger partial charge in [0.25, 0.3) is 0 Å². The van der Waals surface area contributed by atoms with Crippen molar-refractivity contribution in [1.82, 2.24) is 29.7 Å². The molecule has 1 aromatic heterocycles. The molecule has 7 atom stereocenters. The Morgan fingerprint density at radius 3 is 2.66 bits per heavy atom. The van der Waals surface area contributed by atoms with Crippen molar-refractivity contribution < 1.29 is 24.2 Å². The Kier molecular flexibility index (Phi) is 8.02. The highest BCUT2D eigenvalue weighted by molar-refractivity contribution is 5.99. The third-order valence-corrected chi connectivity index (χ3v) is 9.27. The fraction of sp³-hybridized carbons (Fsp3) is 0.567. The van der Waals surface area contributed by atoms with E-state index in [-0.39, 0.29) is 43.5 Å². The summed E-state index contributed by atoms with van der Waals surface area (Å²) < 4.78 is 8.24. The fourth-order valence-electron chi connectivity index (χ4n) is 7.09. The number of likely N-dealkylation sites (N-methyl/N-ethyl adjacent to an activating group) is 1. The van der Waals surface area contributed by atoms with Crippen molar-refractivity contribution in [3.05, 3.63) is 49.6 Å². The van der Waals surface area contributed by atoms with Gasteiger partial charge in [-0.3, -0.25) is 14.4 Å². The third-order valence-electron chi connectivity index (χ3n) is 9.27. The van der Waals surface area contributed by atoms with E-state index in [0.717, 1.165) is 5.52 Å². The number of ether oxygens (including phenoxy) is 1. The number of fused-ring (bicyclic) bond motifs is 2. The molecule has 4 heterocycles. The molecule has 2 unspecified atom stereocenters. The highest BCUT2D eigenvalue weighted by Gasteiger charge is 2.75. The molecule has 3 aliphatic rings. The molecule has 0 aliphatic carbocycles. The number of nitrogens with zero attached hydrogens (tertiary/aromatic N) is 6. The molecule has 3 saturated heterocycles. The zero-order valence-corrected chi connectivity index (χ0v) is 24.1. The minimum atomic E-state index is -1.17. The van der Waals surface area contributed by atoms with Gasteiger partial charge in [-0.2, -0.15) is 0 Å². The molecule has 3 aliphatic heterocycles. The van der Waals surface area contributed by atoms with E-state index in [0.29, 0.717) is 31.3 Å². The maximum absolute atomic E-state index is 14.7. The molecule has 3 fully saturated rings. The molecule has 2 aromatic rings. The van der Waals surface area contributed by atoms with Gasteiger partial charge in [-0.25, -0.2) is 4.68 Å². The molecule has 220 valence electrons. The maximum atomic E-state index is 14.7. The molecule has 5 rings (SSSR count). The Morgan fingerprint density at radius 2 is 1.98 bits per heavy atom. The van der Waals surface area contributed by atoms with Gasteiger partial charge >= 0.3 is 0 Å². The number of amides is 3. The molecule has 11 heteroatoms. The Morgan fingerprint density at radius 1 is 1.24 bits per heavy atom. The predicted molar refractivity (Wildman–Crippen MR) is 152 cm³/mol. The van der Waals surface area contributed by atoms with Crippen LogP contribution in [0.4, 0.5) is 0 Å². The van der Waals surface area contributed by atoms with Gasteiger partial charge in [0.1, 0.15) is 23.8 Å². The van der Waals surface area contributed by atoms with Crippen LogP contribution in [-0.2, 0) is 25.8 Å². The quantitative estimate of drug-likeness (QED) is 0.391. The lowest BCUT2D eigenvalue weighted by Gasteiger charge is -2.40. The van der Waals surface area contributed by atoms with Crippen LogP contribution >= 0.6 is 0 Å². The van der Waals surface area contributed by atoms with Crippen LogP contribution in [0.2, 0.25) is 0 Å². The first-order chi connectivity index (χ1) is 19.7. The van der Waals surface area contributed by atoms with Gasteiger partial charge in [0.15, 0.2) is 0 Å². The second-order valence-electron chi connectivity index (χ2n) is 11.5. The molecule has 0 radical (unpaired) electrons. The number of para-hydroxylation sites is 1. The van der Waals surface area contributed by atoms with Gasteiger partial charge in [-0.15, -0.1) is 18.3 Å². The third kappa shape index (κ3) is 4.55. The molecule has 41 heavy (non-hydrogen) atoms. The van der Waals surface area contributed by atoms with Crippen LogP contribution in [-0.4, -0.2) is 103 Å². The van der Waals surface area contributed by atoms with Crippen LogP contribution in [0.15, 0.2) is 49.6 Å². The van der Waals surface area contributed by atoms with E-state index in [2.05, 4.69) is 23.5 Å². The van der Waals surface area contributed by atoms with Crippen molar-refractivity contribution in [3.8, 4) is 0 Å². The van der Waals surface area contributed by atoms with E-state index in [1.165, 1.54) is 0 Å². The standard InChI is InChI=1S/C30H40N6O5/c1-6-15-33(5)27(38)24-23-13-14-30(41-23)25(24)28(39)36(22(17-37)19(4)8-3)26(30)29(40)34(16-7-2)18-35-21-12-10-9-11-20(21)31-32-35/h6-7,9-12,19,22-26,37H,1-2,8,13-18H2,3-5H3/t19-,22-,23-,24+,25-,26?,30?/m0/s1. The number of aliphatic hydroxyl groups excluding tert-OH is 1. The number of hydrogen-bond donors (Lipinski definition) is 1. The van der Waals surface area contributed by atoms with Crippen molar-refractivity contribution in [2.24, 2.45) is 17.8 Å². The van der Waals surface area contributed by atoms with Crippen molar-refractivity contribution in [3.63, 3.8) is 0 Å². The Balaban J connectivity index is 1.57. The van der Waals surface area contributed by atoms with Gasteiger partial charge in [0.2, 0.25) is 17.7 Å². The lowest BCUT2D eigenvalue weighted by atomic mass is 9.70. The van der Waals surface area contributed by atoms with Gasteiger partial charge in [-0.1, -0.05) is 49.8 Å². The molecule has 1 N–H and O–H groups in total. The molecule has 0 saturated carbocycles. The fourth-order valence-corrected chi connectivity index (χ4v) is 7.09. The SMILES string of the molecule is C=CCN(C)C(=O)[C@@H]1[C@@H]2CCC3(O2)C(C(=O)N(CC=C)Cn2nnc4ccccc42)N([C@@H](CO)[C@@H](C)CC)C(=O)[C@H]13. The molecule has 3 amide bonds. The van der Waals surface area contributed by atoms with Crippen LogP contribution in [0.25, 0.3) is 11.0 Å².